The summed E-state index contributed by atoms with van der Waals surface area (Å²) in [6, 6.07) is 7.66. The molecule has 1 saturated heterocycles. The third-order valence-electron chi connectivity index (χ3n) is 2.70. The lowest BCUT2D eigenvalue weighted by Gasteiger charge is -2.27. The molecular formula is C12H15NO2. The summed E-state index contributed by atoms with van der Waals surface area (Å²) in [4.78, 5) is 13.6. The van der Waals surface area contributed by atoms with Gasteiger partial charge in [-0.1, -0.05) is 12.1 Å². The van der Waals surface area contributed by atoms with Gasteiger partial charge in [0, 0.05) is 13.0 Å². The fourth-order valence-electron chi connectivity index (χ4n) is 1.91. The van der Waals surface area contributed by atoms with E-state index in [0.29, 0.717) is 6.42 Å². The second kappa shape index (κ2) is 4.34. The smallest absolute Gasteiger partial charge is 0.227 e. The minimum absolute atomic E-state index is 0.200. The monoisotopic (exact) mass is 205 g/mol. The zero-order valence-electron chi connectivity index (χ0n) is 8.90. The molecule has 80 valence electrons. The van der Waals surface area contributed by atoms with E-state index in [1.807, 2.05) is 29.2 Å². The average molecular weight is 205 g/mol. The molecule has 1 fully saturated rings. The molecule has 0 saturated carbocycles. The van der Waals surface area contributed by atoms with Gasteiger partial charge < -0.3 is 9.64 Å². The van der Waals surface area contributed by atoms with Crippen molar-refractivity contribution in [1.29, 1.82) is 0 Å². The van der Waals surface area contributed by atoms with E-state index in [0.717, 1.165) is 30.8 Å². The Balaban J connectivity index is 2.30. The second-order valence-corrected chi connectivity index (χ2v) is 3.67. The van der Waals surface area contributed by atoms with Crippen LogP contribution in [-0.2, 0) is 4.79 Å². The van der Waals surface area contributed by atoms with Gasteiger partial charge in [0.15, 0.2) is 0 Å². The van der Waals surface area contributed by atoms with Gasteiger partial charge in [-0.3, -0.25) is 4.79 Å². The van der Waals surface area contributed by atoms with E-state index in [-0.39, 0.29) is 5.91 Å². The van der Waals surface area contributed by atoms with Crippen LogP contribution >= 0.6 is 0 Å². The second-order valence-electron chi connectivity index (χ2n) is 3.67. The number of anilines is 1. The Hall–Kier alpha value is -1.51. The SMILES string of the molecule is COc1ccccc1N1CCCCC1=O. The molecule has 0 radical (unpaired) electrons. The number of hydrogen-bond donors (Lipinski definition) is 0. The van der Waals surface area contributed by atoms with Gasteiger partial charge in [-0.15, -0.1) is 0 Å². The van der Waals surface area contributed by atoms with Crippen molar-refractivity contribution >= 4 is 11.6 Å². The summed E-state index contributed by atoms with van der Waals surface area (Å²) in [5, 5.41) is 0. The Bertz CT molecular complexity index is 362. The lowest BCUT2D eigenvalue weighted by molar-refractivity contribution is -0.119. The summed E-state index contributed by atoms with van der Waals surface area (Å²) in [6.45, 7) is 0.805. The third-order valence-corrected chi connectivity index (χ3v) is 2.70. The summed E-state index contributed by atoms with van der Waals surface area (Å²) in [5.74, 6) is 0.971. The zero-order chi connectivity index (χ0) is 10.7. The quantitative estimate of drug-likeness (QED) is 0.740. The van der Waals surface area contributed by atoms with Crippen molar-refractivity contribution in [1.82, 2.24) is 0 Å². The van der Waals surface area contributed by atoms with Crippen LogP contribution in [0.4, 0.5) is 5.69 Å². The standard InChI is InChI=1S/C12H15NO2/c1-15-11-7-3-2-6-10(11)13-9-5-4-8-12(13)14/h2-3,6-7H,4-5,8-9H2,1H3. The van der Waals surface area contributed by atoms with E-state index in [1.165, 1.54) is 0 Å². The number of benzene rings is 1. The Labute approximate surface area is 89.7 Å². The van der Waals surface area contributed by atoms with Crippen LogP contribution in [0.2, 0.25) is 0 Å². The number of amides is 1. The van der Waals surface area contributed by atoms with Crippen molar-refractivity contribution in [2.75, 3.05) is 18.6 Å². The van der Waals surface area contributed by atoms with Crippen molar-refractivity contribution in [3.8, 4) is 5.75 Å². The summed E-state index contributed by atoms with van der Waals surface area (Å²) < 4.78 is 5.25. The minimum atomic E-state index is 0.200. The van der Waals surface area contributed by atoms with Crippen LogP contribution in [0, 0.1) is 0 Å². The Morgan fingerprint density at radius 1 is 1.27 bits per heavy atom. The predicted molar refractivity (Wildman–Crippen MR) is 59.2 cm³/mol. The first kappa shape index (κ1) is 10.0. The van der Waals surface area contributed by atoms with E-state index in [4.69, 9.17) is 4.74 Å². The highest BCUT2D eigenvalue weighted by Crippen LogP contribution is 2.30. The molecule has 0 atom stereocenters. The maximum absolute atomic E-state index is 11.7. The van der Waals surface area contributed by atoms with Crippen LogP contribution in [0.15, 0.2) is 24.3 Å². The fourth-order valence-corrected chi connectivity index (χ4v) is 1.91. The van der Waals surface area contributed by atoms with Gasteiger partial charge in [0.1, 0.15) is 5.75 Å². The molecule has 1 aromatic carbocycles. The number of rotatable bonds is 2. The number of ether oxygens (including phenoxy) is 1. The fraction of sp³-hybridized carbons (Fsp3) is 0.417. The first-order valence-corrected chi connectivity index (χ1v) is 5.26. The normalized spacial score (nSPS) is 16.6. The lowest BCUT2D eigenvalue weighted by Crippen LogP contribution is -2.35. The number of piperidine rings is 1. The summed E-state index contributed by atoms with van der Waals surface area (Å²) in [5.41, 5.74) is 0.893. The largest absolute Gasteiger partial charge is 0.495 e. The molecule has 1 heterocycles. The number of nitrogens with zero attached hydrogens (tertiary/aromatic N) is 1. The van der Waals surface area contributed by atoms with Gasteiger partial charge in [-0.2, -0.15) is 0 Å². The van der Waals surface area contributed by atoms with Gasteiger partial charge in [-0.25, -0.2) is 0 Å². The molecule has 0 N–H and O–H groups in total. The molecule has 0 spiro atoms. The highest BCUT2D eigenvalue weighted by Gasteiger charge is 2.21. The van der Waals surface area contributed by atoms with Crippen molar-refractivity contribution < 1.29 is 9.53 Å². The molecule has 3 nitrogen and oxygen atoms in total. The van der Waals surface area contributed by atoms with Crippen molar-refractivity contribution in [3.63, 3.8) is 0 Å². The summed E-state index contributed by atoms with van der Waals surface area (Å²) in [7, 11) is 1.63. The molecule has 0 bridgehead atoms. The molecule has 0 aliphatic carbocycles. The summed E-state index contributed by atoms with van der Waals surface area (Å²) >= 11 is 0. The van der Waals surface area contributed by atoms with Crippen LogP contribution in [0.1, 0.15) is 19.3 Å². The first-order chi connectivity index (χ1) is 7.33. The molecule has 3 heteroatoms. The van der Waals surface area contributed by atoms with Crippen LogP contribution < -0.4 is 9.64 Å². The van der Waals surface area contributed by atoms with Gasteiger partial charge in [0.2, 0.25) is 5.91 Å². The van der Waals surface area contributed by atoms with Crippen LogP contribution in [0.5, 0.6) is 5.75 Å². The van der Waals surface area contributed by atoms with E-state index in [9.17, 15) is 4.79 Å². The van der Waals surface area contributed by atoms with Crippen molar-refractivity contribution in [3.05, 3.63) is 24.3 Å². The van der Waals surface area contributed by atoms with Crippen LogP contribution in [0.25, 0.3) is 0 Å². The molecule has 2 rings (SSSR count). The number of para-hydroxylation sites is 2. The van der Waals surface area contributed by atoms with E-state index in [1.54, 1.807) is 7.11 Å². The average Bonchev–Trinajstić information content (AvgIpc) is 2.30. The topological polar surface area (TPSA) is 29.5 Å². The number of carbonyl (C=O) groups is 1. The molecule has 0 aromatic heterocycles. The highest BCUT2D eigenvalue weighted by molar-refractivity contribution is 5.95. The Morgan fingerprint density at radius 3 is 2.80 bits per heavy atom. The molecule has 0 unspecified atom stereocenters. The Kier molecular flexibility index (Phi) is 2.90. The molecule has 1 amide bonds. The maximum Gasteiger partial charge on any atom is 0.227 e. The number of methoxy groups -OCH3 is 1. The van der Waals surface area contributed by atoms with Gasteiger partial charge in [0.05, 0.1) is 12.8 Å². The minimum Gasteiger partial charge on any atom is -0.495 e. The van der Waals surface area contributed by atoms with Gasteiger partial charge >= 0.3 is 0 Å². The van der Waals surface area contributed by atoms with E-state index in [2.05, 4.69) is 0 Å². The molecule has 1 aliphatic rings. The van der Waals surface area contributed by atoms with Crippen LogP contribution in [-0.4, -0.2) is 19.6 Å². The number of carbonyl (C=O) groups excluding carboxylic acids is 1. The van der Waals surface area contributed by atoms with Gasteiger partial charge in [0.25, 0.3) is 0 Å². The van der Waals surface area contributed by atoms with Crippen molar-refractivity contribution in [2.24, 2.45) is 0 Å². The number of hydrogen-bond acceptors (Lipinski definition) is 2. The Morgan fingerprint density at radius 2 is 2.07 bits per heavy atom. The molecule has 1 aliphatic heterocycles. The zero-order valence-corrected chi connectivity index (χ0v) is 8.90. The molecule has 1 aromatic rings. The third kappa shape index (κ3) is 1.96. The highest BCUT2D eigenvalue weighted by atomic mass is 16.5. The van der Waals surface area contributed by atoms with Gasteiger partial charge in [-0.05, 0) is 25.0 Å². The van der Waals surface area contributed by atoms with E-state index < -0.39 is 0 Å². The first-order valence-electron chi connectivity index (χ1n) is 5.26. The van der Waals surface area contributed by atoms with Crippen molar-refractivity contribution in [2.45, 2.75) is 19.3 Å². The van der Waals surface area contributed by atoms with Crippen LogP contribution in [0.3, 0.4) is 0 Å². The maximum atomic E-state index is 11.7. The lowest BCUT2D eigenvalue weighted by atomic mass is 10.1. The summed E-state index contributed by atoms with van der Waals surface area (Å²) in [6.07, 6.45) is 2.73. The predicted octanol–water partition coefficient (Wildman–Crippen LogP) is 2.21. The molecular weight excluding hydrogens is 190 g/mol. The van der Waals surface area contributed by atoms with E-state index >= 15 is 0 Å². The molecule has 15 heavy (non-hydrogen) atoms.